The molecule has 1 amide bonds. The van der Waals surface area contributed by atoms with Crippen LogP contribution in [0.1, 0.15) is 35.2 Å². The van der Waals surface area contributed by atoms with E-state index >= 15 is 0 Å². The van der Waals surface area contributed by atoms with Gasteiger partial charge >= 0.3 is 12.1 Å². The van der Waals surface area contributed by atoms with E-state index in [2.05, 4.69) is 10.3 Å². The predicted octanol–water partition coefficient (Wildman–Crippen LogP) is 3.81. The second-order valence-corrected chi connectivity index (χ2v) is 7.16. The number of allylic oxidation sites excluding steroid dienone is 2. The van der Waals surface area contributed by atoms with E-state index < -0.39 is 30.0 Å². The molecule has 1 unspecified atom stereocenters. The van der Waals surface area contributed by atoms with Gasteiger partial charge in [0, 0.05) is 24.3 Å². The van der Waals surface area contributed by atoms with Gasteiger partial charge in [0.2, 0.25) is 0 Å². The van der Waals surface area contributed by atoms with Gasteiger partial charge in [-0.05, 0) is 30.9 Å². The number of alkyl halides is 3. The second-order valence-electron chi connectivity index (χ2n) is 7.16. The zero-order valence-electron chi connectivity index (χ0n) is 16.2. The van der Waals surface area contributed by atoms with Crippen molar-refractivity contribution in [3.63, 3.8) is 0 Å². The third kappa shape index (κ3) is 4.79. The zero-order valence-corrected chi connectivity index (χ0v) is 16.2. The van der Waals surface area contributed by atoms with Crippen LogP contribution >= 0.6 is 0 Å². The molecular formula is C21H21F3N2O4. The van der Waals surface area contributed by atoms with Gasteiger partial charge < -0.3 is 15.2 Å². The number of carbonyl (C=O) groups is 2. The lowest BCUT2D eigenvalue weighted by atomic mass is 9.85. The number of methoxy groups -OCH3 is 1. The molecule has 0 aliphatic heterocycles. The van der Waals surface area contributed by atoms with Crippen LogP contribution in [0, 0.1) is 5.92 Å². The highest BCUT2D eigenvalue weighted by Gasteiger charge is 2.39. The van der Waals surface area contributed by atoms with Crippen LogP contribution < -0.4 is 5.32 Å². The maximum absolute atomic E-state index is 12.9. The Morgan fingerprint density at radius 2 is 2.13 bits per heavy atom. The number of carboxylic acids is 1. The van der Waals surface area contributed by atoms with Gasteiger partial charge in [0.05, 0.1) is 23.6 Å². The minimum atomic E-state index is -4.20. The van der Waals surface area contributed by atoms with Crippen LogP contribution in [0.4, 0.5) is 13.2 Å². The van der Waals surface area contributed by atoms with Crippen LogP contribution in [0.2, 0.25) is 0 Å². The number of pyridine rings is 1. The molecule has 0 bridgehead atoms. The summed E-state index contributed by atoms with van der Waals surface area (Å²) in [5.41, 5.74) is 2.30. The molecule has 0 saturated carbocycles. The maximum Gasteiger partial charge on any atom is 0.392 e. The molecule has 0 spiro atoms. The second kappa shape index (κ2) is 8.83. The van der Waals surface area contributed by atoms with E-state index in [1.165, 1.54) is 13.3 Å². The van der Waals surface area contributed by atoms with Crippen LogP contribution in [0.3, 0.4) is 0 Å². The number of aliphatic carboxylic acids is 1. The fraction of sp³-hybridized carbons (Fsp3) is 0.381. The van der Waals surface area contributed by atoms with E-state index in [1.807, 2.05) is 0 Å². The number of benzene rings is 1. The highest BCUT2D eigenvalue weighted by atomic mass is 19.4. The Hall–Kier alpha value is -2.94. The van der Waals surface area contributed by atoms with Crippen molar-refractivity contribution in [2.45, 2.75) is 31.5 Å². The van der Waals surface area contributed by atoms with E-state index in [9.17, 15) is 22.8 Å². The quantitative estimate of drug-likeness (QED) is 0.739. The zero-order chi connectivity index (χ0) is 21.9. The molecule has 2 N–H and O–H groups in total. The molecule has 1 aromatic carbocycles. The third-order valence-electron chi connectivity index (χ3n) is 5.13. The van der Waals surface area contributed by atoms with Gasteiger partial charge in [-0.25, -0.2) is 4.79 Å². The average Bonchev–Trinajstić information content (AvgIpc) is 2.72. The number of halogens is 3. The standard InChI is InChI=1S/C21H21F3N2O4/c1-30-11-17(20(28)29)26-19(27)14-9-13-3-2-4-16(18(13)25-10-14)12-5-7-15(8-6-12)21(22,23)24/h2-5,9-10,15,17H,6-8,11H2,1H3,(H,26,27)(H,28,29)/t15?,17-/m1/s1. The molecule has 2 atom stereocenters. The van der Waals surface area contributed by atoms with Crippen LogP contribution in [0.15, 0.2) is 36.5 Å². The Balaban J connectivity index is 1.85. The molecule has 30 heavy (non-hydrogen) atoms. The Bertz CT molecular complexity index is 988. The number of ether oxygens (including phenoxy) is 1. The molecule has 0 saturated heterocycles. The normalized spacial score (nSPS) is 18.0. The number of nitrogens with zero attached hydrogens (tertiary/aromatic N) is 1. The predicted molar refractivity (Wildman–Crippen MR) is 104 cm³/mol. The van der Waals surface area contributed by atoms with Gasteiger partial charge in [0.25, 0.3) is 5.91 Å². The van der Waals surface area contributed by atoms with Crippen molar-refractivity contribution in [1.29, 1.82) is 0 Å². The highest BCUT2D eigenvalue weighted by molar-refractivity contribution is 6.00. The first-order valence-corrected chi connectivity index (χ1v) is 9.38. The first-order chi connectivity index (χ1) is 14.2. The molecule has 1 aliphatic rings. The van der Waals surface area contributed by atoms with Crippen molar-refractivity contribution in [3.8, 4) is 0 Å². The first kappa shape index (κ1) is 21.8. The lowest BCUT2D eigenvalue weighted by Gasteiger charge is -2.24. The molecule has 1 aliphatic carbocycles. The lowest BCUT2D eigenvalue weighted by molar-refractivity contribution is -0.175. The van der Waals surface area contributed by atoms with E-state index in [1.54, 1.807) is 30.3 Å². The Labute approximate surface area is 170 Å². The lowest BCUT2D eigenvalue weighted by Crippen LogP contribution is -2.43. The summed E-state index contributed by atoms with van der Waals surface area (Å²) in [4.78, 5) is 27.9. The Kier molecular flexibility index (Phi) is 6.40. The summed E-state index contributed by atoms with van der Waals surface area (Å²) in [7, 11) is 1.33. The summed E-state index contributed by atoms with van der Waals surface area (Å²) < 4.78 is 43.5. The number of rotatable bonds is 6. The number of carbonyl (C=O) groups excluding carboxylic acids is 1. The monoisotopic (exact) mass is 422 g/mol. The fourth-order valence-electron chi connectivity index (χ4n) is 3.50. The number of amides is 1. The number of nitrogens with one attached hydrogen (secondary N) is 1. The minimum Gasteiger partial charge on any atom is -0.480 e. The van der Waals surface area contributed by atoms with Crippen molar-refractivity contribution < 1.29 is 32.6 Å². The summed E-state index contributed by atoms with van der Waals surface area (Å²) in [5, 5.41) is 12.1. The summed E-state index contributed by atoms with van der Waals surface area (Å²) in [6.45, 7) is -0.181. The van der Waals surface area contributed by atoms with Crippen LogP contribution in [0.5, 0.6) is 0 Å². The topological polar surface area (TPSA) is 88.5 Å². The summed E-state index contributed by atoms with van der Waals surface area (Å²) in [5.74, 6) is -3.15. The van der Waals surface area contributed by atoms with Crippen LogP contribution in [-0.2, 0) is 9.53 Å². The Morgan fingerprint density at radius 1 is 1.37 bits per heavy atom. The fourth-order valence-corrected chi connectivity index (χ4v) is 3.50. The summed E-state index contributed by atoms with van der Waals surface area (Å²) in [6, 6.07) is 5.68. The smallest absolute Gasteiger partial charge is 0.392 e. The largest absolute Gasteiger partial charge is 0.480 e. The molecule has 9 heteroatoms. The number of hydrogen-bond acceptors (Lipinski definition) is 4. The van der Waals surface area contributed by atoms with Gasteiger partial charge in [0.1, 0.15) is 0 Å². The van der Waals surface area contributed by atoms with E-state index in [4.69, 9.17) is 9.84 Å². The molecule has 1 heterocycles. The molecule has 0 radical (unpaired) electrons. The van der Waals surface area contributed by atoms with Gasteiger partial charge in [-0.1, -0.05) is 24.3 Å². The van der Waals surface area contributed by atoms with E-state index in [0.717, 1.165) is 11.1 Å². The number of fused-ring (bicyclic) bond motifs is 1. The SMILES string of the molecule is COC[C@@H](NC(=O)c1cnc2c(C3=CCC(C(F)(F)F)CC3)cccc2c1)C(=O)O. The molecule has 3 rings (SSSR count). The van der Waals surface area contributed by atoms with Crippen LogP contribution in [-0.4, -0.2) is 47.9 Å². The van der Waals surface area contributed by atoms with Crippen molar-refractivity contribution >= 4 is 28.4 Å². The average molecular weight is 422 g/mol. The molecule has 1 aromatic heterocycles. The molecule has 160 valence electrons. The van der Waals surface area contributed by atoms with Gasteiger partial charge in [0.15, 0.2) is 6.04 Å². The van der Waals surface area contributed by atoms with Crippen LogP contribution in [0.25, 0.3) is 16.5 Å². The molecular weight excluding hydrogens is 401 g/mol. The number of para-hydroxylation sites is 1. The van der Waals surface area contributed by atoms with E-state index in [-0.39, 0.29) is 25.0 Å². The van der Waals surface area contributed by atoms with Gasteiger partial charge in [-0.2, -0.15) is 13.2 Å². The third-order valence-corrected chi connectivity index (χ3v) is 5.13. The van der Waals surface area contributed by atoms with E-state index in [0.29, 0.717) is 17.3 Å². The maximum atomic E-state index is 12.9. The van der Waals surface area contributed by atoms with Crippen molar-refractivity contribution in [2.75, 3.05) is 13.7 Å². The number of carboxylic acid groups (broad SMARTS) is 1. The first-order valence-electron chi connectivity index (χ1n) is 9.38. The molecule has 6 nitrogen and oxygen atoms in total. The molecule has 2 aromatic rings. The van der Waals surface area contributed by atoms with Crippen molar-refractivity contribution in [1.82, 2.24) is 10.3 Å². The highest BCUT2D eigenvalue weighted by Crippen LogP contribution is 2.40. The van der Waals surface area contributed by atoms with Gasteiger partial charge in [-0.3, -0.25) is 9.78 Å². The van der Waals surface area contributed by atoms with Gasteiger partial charge in [-0.15, -0.1) is 0 Å². The number of hydrogen-bond donors (Lipinski definition) is 2. The number of aromatic nitrogens is 1. The molecule has 0 fully saturated rings. The summed E-state index contributed by atoms with van der Waals surface area (Å²) >= 11 is 0. The van der Waals surface area contributed by atoms with Crippen molar-refractivity contribution in [2.24, 2.45) is 5.92 Å². The Morgan fingerprint density at radius 3 is 2.73 bits per heavy atom. The minimum absolute atomic E-state index is 0.0300. The summed E-state index contributed by atoms with van der Waals surface area (Å²) in [6.07, 6.45) is -0.994. The van der Waals surface area contributed by atoms with Crippen molar-refractivity contribution in [3.05, 3.63) is 47.7 Å².